The molecule has 0 radical (unpaired) electrons. The van der Waals surface area contributed by atoms with Gasteiger partial charge in [0.1, 0.15) is 0 Å². The summed E-state index contributed by atoms with van der Waals surface area (Å²) >= 11 is 0. The number of hydrogen-bond donors (Lipinski definition) is 0. The molecule has 0 N–H and O–H groups in total. The van der Waals surface area contributed by atoms with Gasteiger partial charge in [0.15, 0.2) is 0 Å². The van der Waals surface area contributed by atoms with Crippen molar-refractivity contribution in [3.05, 3.63) is 60.2 Å². The van der Waals surface area contributed by atoms with Crippen LogP contribution in [0.2, 0.25) is 0 Å². The van der Waals surface area contributed by atoms with Gasteiger partial charge in [0.2, 0.25) is 0 Å². The van der Waals surface area contributed by atoms with Gasteiger partial charge in [-0.2, -0.15) is 0 Å². The highest BCUT2D eigenvalue weighted by atomic mass is 14.6. The molecule has 0 aromatic heterocycles. The normalized spacial score (nSPS) is 32.2. The predicted octanol–water partition coefficient (Wildman–Crippen LogP) is 4.31. The summed E-state index contributed by atoms with van der Waals surface area (Å²) < 4.78 is 0. The standard InChI is InChI=1S/C16H18/c1-2-15(13-8-4-3-5-9-13)16-11-7-6-10-14(16)12-16/h3-11,14-15H,2,12H2,1H3. The van der Waals surface area contributed by atoms with Crippen molar-refractivity contribution in [3.8, 4) is 0 Å². The summed E-state index contributed by atoms with van der Waals surface area (Å²) in [6, 6.07) is 11.0. The molecule has 3 atom stereocenters. The molecule has 0 heteroatoms. The van der Waals surface area contributed by atoms with E-state index in [0.717, 1.165) is 5.92 Å². The maximum absolute atomic E-state index is 2.44. The van der Waals surface area contributed by atoms with Gasteiger partial charge < -0.3 is 0 Å². The molecule has 0 bridgehead atoms. The number of benzene rings is 1. The molecular weight excluding hydrogens is 192 g/mol. The van der Waals surface area contributed by atoms with Gasteiger partial charge in [0.05, 0.1) is 0 Å². The van der Waals surface area contributed by atoms with E-state index in [2.05, 4.69) is 61.6 Å². The Morgan fingerprint density at radius 2 is 2.06 bits per heavy atom. The molecule has 82 valence electrons. The molecule has 0 aliphatic heterocycles. The Morgan fingerprint density at radius 3 is 2.75 bits per heavy atom. The third-order valence-electron chi connectivity index (χ3n) is 4.22. The highest BCUT2D eigenvalue weighted by Crippen LogP contribution is 2.64. The lowest BCUT2D eigenvalue weighted by molar-refractivity contribution is 0.453. The van der Waals surface area contributed by atoms with Crippen LogP contribution in [0, 0.1) is 11.3 Å². The van der Waals surface area contributed by atoms with Gasteiger partial charge in [-0.05, 0) is 30.2 Å². The number of rotatable bonds is 3. The molecule has 3 unspecified atom stereocenters. The van der Waals surface area contributed by atoms with Crippen LogP contribution in [0.15, 0.2) is 54.6 Å². The van der Waals surface area contributed by atoms with E-state index >= 15 is 0 Å². The first-order valence-electron chi connectivity index (χ1n) is 6.28. The van der Waals surface area contributed by atoms with Gasteiger partial charge in [-0.1, -0.05) is 61.6 Å². The molecule has 0 nitrogen and oxygen atoms in total. The molecule has 0 saturated heterocycles. The van der Waals surface area contributed by atoms with Gasteiger partial charge in [-0.3, -0.25) is 0 Å². The molecule has 1 aromatic carbocycles. The van der Waals surface area contributed by atoms with Crippen LogP contribution in [0.25, 0.3) is 0 Å². The Bertz CT molecular complexity index is 427. The third-order valence-corrected chi connectivity index (χ3v) is 4.22. The van der Waals surface area contributed by atoms with Crippen molar-refractivity contribution in [2.45, 2.75) is 25.7 Å². The average Bonchev–Trinajstić information content (AvgIpc) is 3.06. The van der Waals surface area contributed by atoms with Crippen LogP contribution >= 0.6 is 0 Å². The largest absolute Gasteiger partial charge is 0.0805 e. The van der Waals surface area contributed by atoms with E-state index in [0.29, 0.717) is 11.3 Å². The molecule has 1 fully saturated rings. The Labute approximate surface area is 97.7 Å². The minimum absolute atomic E-state index is 0.449. The fourth-order valence-corrected chi connectivity index (χ4v) is 3.32. The Hall–Kier alpha value is -1.30. The van der Waals surface area contributed by atoms with E-state index in [1.165, 1.54) is 18.4 Å². The first kappa shape index (κ1) is 9.89. The summed E-state index contributed by atoms with van der Waals surface area (Å²) in [5.74, 6) is 1.49. The SMILES string of the molecule is CCC(c1ccccc1)C12C=CC=CC1C2. The third kappa shape index (κ3) is 1.36. The van der Waals surface area contributed by atoms with Crippen LogP contribution in [-0.4, -0.2) is 0 Å². The van der Waals surface area contributed by atoms with Crippen LogP contribution in [0.3, 0.4) is 0 Å². The highest BCUT2D eigenvalue weighted by Gasteiger charge is 2.55. The van der Waals surface area contributed by atoms with Gasteiger partial charge in [0.25, 0.3) is 0 Å². The van der Waals surface area contributed by atoms with E-state index in [-0.39, 0.29) is 0 Å². The lowest BCUT2D eigenvalue weighted by atomic mass is 9.78. The summed E-state index contributed by atoms with van der Waals surface area (Å²) in [6.45, 7) is 2.31. The number of fused-ring (bicyclic) bond motifs is 1. The fourth-order valence-electron chi connectivity index (χ4n) is 3.32. The first-order chi connectivity index (χ1) is 7.87. The van der Waals surface area contributed by atoms with Crippen LogP contribution in [0.4, 0.5) is 0 Å². The van der Waals surface area contributed by atoms with Crippen molar-refractivity contribution in [2.24, 2.45) is 11.3 Å². The quantitative estimate of drug-likeness (QED) is 0.697. The lowest BCUT2D eigenvalue weighted by Gasteiger charge is -2.26. The fraction of sp³-hybridized carbons (Fsp3) is 0.375. The summed E-state index contributed by atoms with van der Waals surface area (Å²) in [4.78, 5) is 0. The number of hydrogen-bond acceptors (Lipinski definition) is 0. The second-order valence-corrected chi connectivity index (χ2v) is 5.04. The predicted molar refractivity (Wildman–Crippen MR) is 68.3 cm³/mol. The van der Waals surface area contributed by atoms with Crippen molar-refractivity contribution in [2.75, 3.05) is 0 Å². The zero-order chi connectivity index (χ0) is 11.0. The summed E-state index contributed by atoms with van der Waals surface area (Å²) in [6.07, 6.45) is 11.8. The van der Waals surface area contributed by atoms with Crippen LogP contribution in [0.1, 0.15) is 31.2 Å². The van der Waals surface area contributed by atoms with Crippen molar-refractivity contribution in [1.82, 2.24) is 0 Å². The zero-order valence-corrected chi connectivity index (χ0v) is 9.77. The molecule has 3 rings (SSSR count). The van der Waals surface area contributed by atoms with Crippen molar-refractivity contribution in [3.63, 3.8) is 0 Å². The Balaban J connectivity index is 1.94. The first-order valence-corrected chi connectivity index (χ1v) is 6.28. The van der Waals surface area contributed by atoms with Crippen molar-refractivity contribution in [1.29, 1.82) is 0 Å². The van der Waals surface area contributed by atoms with E-state index in [1.807, 2.05) is 0 Å². The van der Waals surface area contributed by atoms with E-state index in [4.69, 9.17) is 0 Å². The molecule has 1 aromatic rings. The van der Waals surface area contributed by atoms with E-state index in [1.54, 1.807) is 0 Å². The molecule has 0 heterocycles. The molecule has 0 spiro atoms. The second-order valence-electron chi connectivity index (χ2n) is 5.04. The van der Waals surface area contributed by atoms with Crippen LogP contribution in [-0.2, 0) is 0 Å². The lowest BCUT2D eigenvalue weighted by Crippen LogP contribution is -2.14. The maximum Gasteiger partial charge on any atom is 0.00224 e. The zero-order valence-electron chi connectivity index (χ0n) is 9.77. The Morgan fingerprint density at radius 1 is 1.25 bits per heavy atom. The molecule has 1 saturated carbocycles. The Kier molecular flexibility index (Phi) is 2.24. The minimum Gasteiger partial charge on any atom is -0.0805 e. The highest BCUT2D eigenvalue weighted by molar-refractivity contribution is 5.37. The summed E-state index contributed by atoms with van der Waals surface area (Å²) in [5, 5.41) is 0. The van der Waals surface area contributed by atoms with Gasteiger partial charge in [0, 0.05) is 5.41 Å². The summed E-state index contributed by atoms with van der Waals surface area (Å²) in [5.41, 5.74) is 1.96. The van der Waals surface area contributed by atoms with Gasteiger partial charge in [-0.25, -0.2) is 0 Å². The minimum atomic E-state index is 0.449. The average molecular weight is 210 g/mol. The van der Waals surface area contributed by atoms with Crippen LogP contribution < -0.4 is 0 Å². The van der Waals surface area contributed by atoms with Gasteiger partial charge >= 0.3 is 0 Å². The molecule has 2 aliphatic rings. The second kappa shape index (κ2) is 3.62. The van der Waals surface area contributed by atoms with Crippen molar-refractivity contribution < 1.29 is 0 Å². The topological polar surface area (TPSA) is 0 Å². The van der Waals surface area contributed by atoms with E-state index < -0.39 is 0 Å². The molecule has 0 amide bonds. The molecule has 16 heavy (non-hydrogen) atoms. The van der Waals surface area contributed by atoms with Crippen LogP contribution in [0.5, 0.6) is 0 Å². The maximum atomic E-state index is 2.44. The smallest absolute Gasteiger partial charge is 0.00224 e. The molecule has 2 aliphatic carbocycles. The summed E-state index contributed by atoms with van der Waals surface area (Å²) in [7, 11) is 0. The number of allylic oxidation sites excluding steroid dienone is 4. The monoisotopic (exact) mass is 210 g/mol. The molecular formula is C16H18. The van der Waals surface area contributed by atoms with Gasteiger partial charge in [-0.15, -0.1) is 0 Å². The van der Waals surface area contributed by atoms with Crippen molar-refractivity contribution >= 4 is 0 Å². The van der Waals surface area contributed by atoms with E-state index in [9.17, 15) is 0 Å².